The van der Waals surface area contributed by atoms with Gasteiger partial charge in [-0.15, -0.1) is 10.2 Å². The minimum atomic E-state index is -0.503. The lowest BCUT2D eigenvalue weighted by molar-refractivity contribution is 0.100. The monoisotopic (exact) mass is 526 g/mol. The van der Waals surface area contributed by atoms with Crippen molar-refractivity contribution in [1.82, 2.24) is 19.7 Å². The largest absolute Gasteiger partial charge is 0.494 e. The van der Waals surface area contributed by atoms with Crippen LogP contribution in [0.1, 0.15) is 28.7 Å². The van der Waals surface area contributed by atoms with Gasteiger partial charge in [0.05, 0.1) is 29.8 Å². The van der Waals surface area contributed by atoms with Gasteiger partial charge in [-0.25, -0.2) is 0 Å². The standard InChI is InChI=1S/C25H17Cl3N4O3/c1-2-34-17-7-8-20-18(11-17)21(23(28)32(20)13-15-5-6-16(26)10-19(15)27)22(33)25-31-30-24(35-25)14-4-3-9-29-12-14/h3-12H,2,13H2,1H3. The minimum absolute atomic E-state index is 0.184. The molecular weight excluding hydrogens is 511 g/mol. The summed E-state index contributed by atoms with van der Waals surface area (Å²) in [4.78, 5) is 17.6. The van der Waals surface area contributed by atoms with Crippen LogP contribution in [-0.4, -0.2) is 32.1 Å². The van der Waals surface area contributed by atoms with Crippen LogP contribution in [-0.2, 0) is 6.54 Å². The summed E-state index contributed by atoms with van der Waals surface area (Å²) in [6.07, 6.45) is 3.20. The van der Waals surface area contributed by atoms with Crippen LogP contribution < -0.4 is 4.74 Å². The van der Waals surface area contributed by atoms with Crippen molar-refractivity contribution in [3.8, 4) is 17.2 Å². The van der Waals surface area contributed by atoms with Gasteiger partial charge in [0.2, 0.25) is 5.89 Å². The fourth-order valence-electron chi connectivity index (χ4n) is 3.78. The molecule has 5 rings (SSSR count). The molecular formula is C25H17Cl3N4O3. The molecule has 0 atom stereocenters. The number of pyridine rings is 1. The van der Waals surface area contributed by atoms with Crippen molar-refractivity contribution in [3.05, 3.63) is 93.1 Å². The number of ketones is 1. The average Bonchev–Trinajstić information content (AvgIpc) is 3.45. The van der Waals surface area contributed by atoms with Gasteiger partial charge >= 0.3 is 0 Å². The van der Waals surface area contributed by atoms with E-state index in [2.05, 4.69) is 15.2 Å². The van der Waals surface area contributed by atoms with Crippen molar-refractivity contribution < 1.29 is 13.9 Å². The molecule has 10 heteroatoms. The van der Waals surface area contributed by atoms with E-state index in [9.17, 15) is 4.79 Å². The maximum atomic E-state index is 13.6. The first-order valence-corrected chi connectivity index (χ1v) is 11.8. The molecule has 0 aliphatic heterocycles. The number of aromatic nitrogens is 4. The summed E-state index contributed by atoms with van der Waals surface area (Å²) in [7, 11) is 0. The Hall–Kier alpha value is -3.39. The Balaban J connectivity index is 1.62. The van der Waals surface area contributed by atoms with E-state index in [4.69, 9.17) is 44.0 Å². The summed E-state index contributed by atoms with van der Waals surface area (Å²) in [6, 6.07) is 14.2. The molecule has 3 heterocycles. The molecule has 3 aromatic heterocycles. The Morgan fingerprint density at radius 1 is 1.09 bits per heavy atom. The lowest BCUT2D eigenvalue weighted by Gasteiger charge is -2.10. The van der Waals surface area contributed by atoms with Gasteiger partial charge in [0.15, 0.2) is 0 Å². The Morgan fingerprint density at radius 2 is 1.94 bits per heavy atom. The van der Waals surface area contributed by atoms with E-state index >= 15 is 0 Å². The van der Waals surface area contributed by atoms with Crippen molar-refractivity contribution in [3.63, 3.8) is 0 Å². The van der Waals surface area contributed by atoms with Gasteiger partial charge in [0, 0.05) is 27.8 Å². The van der Waals surface area contributed by atoms with Crippen LogP contribution in [0.15, 0.2) is 65.3 Å². The maximum Gasteiger partial charge on any atom is 0.289 e. The van der Waals surface area contributed by atoms with Crippen LogP contribution in [0.3, 0.4) is 0 Å². The van der Waals surface area contributed by atoms with Crippen LogP contribution in [0.25, 0.3) is 22.4 Å². The summed E-state index contributed by atoms with van der Waals surface area (Å²) >= 11 is 19.3. The van der Waals surface area contributed by atoms with Gasteiger partial charge in [-0.3, -0.25) is 9.78 Å². The number of hydrogen-bond acceptors (Lipinski definition) is 6. The second kappa shape index (κ2) is 9.70. The highest BCUT2D eigenvalue weighted by atomic mass is 35.5. The summed E-state index contributed by atoms with van der Waals surface area (Å²) in [5, 5.41) is 9.79. The first kappa shape index (κ1) is 23.4. The number of ether oxygens (including phenoxy) is 1. The van der Waals surface area contributed by atoms with E-state index in [1.807, 2.05) is 25.1 Å². The van der Waals surface area contributed by atoms with Crippen molar-refractivity contribution in [2.75, 3.05) is 6.61 Å². The molecule has 176 valence electrons. The second-order valence-electron chi connectivity index (χ2n) is 7.58. The zero-order chi connectivity index (χ0) is 24.5. The Kier molecular flexibility index (Phi) is 6.47. The van der Waals surface area contributed by atoms with Gasteiger partial charge in [-0.05, 0) is 55.0 Å². The van der Waals surface area contributed by atoms with Crippen LogP contribution in [0, 0.1) is 0 Å². The summed E-state index contributed by atoms with van der Waals surface area (Å²) in [5.74, 6) is 0.103. The third-order valence-electron chi connectivity index (χ3n) is 5.38. The third-order valence-corrected chi connectivity index (χ3v) is 6.36. The van der Waals surface area contributed by atoms with Crippen LogP contribution >= 0.6 is 34.8 Å². The van der Waals surface area contributed by atoms with Crippen LogP contribution in [0.4, 0.5) is 0 Å². The molecule has 0 spiro atoms. The summed E-state index contributed by atoms with van der Waals surface area (Å²) in [6.45, 7) is 2.68. The molecule has 0 unspecified atom stereocenters. The van der Waals surface area contributed by atoms with Gasteiger partial charge < -0.3 is 13.7 Å². The van der Waals surface area contributed by atoms with Crippen LogP contribution in [0.5, 0.6) is 5.75 Å². The number of carbonyl (C=O) groups is 1. The molecule has 5 aromatic rings. The molecule has 0 N–H and O–H groups in total. The van der Waals surface area contributed by atoms with E-state index in [1.54, 1.807) is 47.3 Å². The Labute approximate surface area is 215 Å². The SMILES string of the molecule is CCOc1ccc2c(c1)c(C(=O)c1nnc(-c3cccnc3)o1)c(Cl)n2Cc1ccc(Cl)cc1Cl. The highest BCUT2D eigenvalue weighted by Crippen LogP contribution is 2.36. The molecule has 0 radical (unpaired) electrons. The highest BCUT2D eigenvalue weighted by Gasteiger charge is 2.27. The van der Waals surface area contributed by atoms with Crippen molar-refractivity contribution >= 4 is 51.5 Å². The average molecular weight is 528 g/mol. The fraction of sp³-hybridized carbons (Fsp3) is 0.120. The number of carbonyl (C=O) groups excluding carboxylic acids is 1. The van der Waals surface area contributed by atoms with E-state index in [0.717, 1.165) is 11.1 Å². The third kappa shape index (κ3) is 4.50. The quantitative estimate of drug-likeness (QED) is 0.218. The van der Waals surface area contributed by atoms with Gasteiger partial charge in [-0.1, -0.05) is 40.9 Å². The first-order chi connectivity index (χ1) is 17.0. The van der Waals surface area contributed by atoms with E-state index in [-0.39, 0.29) is 22.5 Å². The summed E-state index contributed by atoms with van der Waals surface area (Å²) in [5.41, 5.74) is 2.34. The number of rotatable bonds is 7. The molecule has 0 aliphatic rings. The summed E-state index contributed by atoms with van der Waals surface area (Å²) < 4.78 is 13.1. The molecule has 0 bridgehead atoms. The second-order valence-corrected chi connectivity index (χ2v) is 8.78. The molecule has 35 heavy (non-hydrogen) atoms. The Morgan fingerprint density at radius 3 is 2.69 bits per heavy atom. The normalized spacial score (nSPS) is 11.2. The number of halogens is 3. The predicted octanol–water partition coefficient (Wildman–Crippen LogP) is 6.72. The van der Waals surface area contributed by atoms with Crippen molar-refractivity contribution in [1.29, 1.82) is 0 Å². The number of hydrogen-bond donors (Lipinski definition) is 0. The zero-order valence-electron chi connectivity index (χ0n) is 18.3. The molecule has 2 aromatic carbocycles. The molecule has 0 amide bonds. The predicted molar refractivity (Wildman–Crippen MR) is 135 cm³/mol. The van der Waals surface area contributed by atoms with E-state index in [1.165, 1.54) is 0 Å². The van der Waals surface area contributed by atoms with Gasteiger partial charge in [0.1, 0.15) is 10.9 Å². The molecule has 0 saturated heterocycles. The number of benzene rings is 2. The van der Waals surface area contributed by atoms with Crippen molar-refractivity contribution in [2.24, 2.45) is 0 Å². The molecule has 0 fully saturated rings. The minimum Gasteiger partial charge on any atom is -0.494 e. The molecule has 0 aliphatic carbocycles. The van der Waals surface area contributed by atoms with E-state index in [0.29, 0.717) is 39.9 Å². The van der Waals surface area contributed by atoms with Crippen molar-refractivity contribution in [2.45, 2.75) is 13.5 Å². The maximum absolute atomic E-state index is 13.6. The van der Waals surface area contributed by atoms with Gasteiger partial charge in [-0.2, -0.15) is 0 Å². The first-order valence-electron chi connectivity index (χ1n) is 10.6. The van der Waals surface area contributed by atoms with Crippen LogP contribution in [0.2, 0.25) is 15.2 Å². The molecule has 7 nitrogen and oxygen atoms in total. The van der Waals surface area contributed by atoms with Gasteiger partial charge in [0.25, 0.3) is 11.7 Å². The highest BCUT2D eigenvalue weighted by molar-refractivity contribution is 6.37. The Bertz CT molecular complexity index is 1550. The number of nitrogens with zero attached hydrogens (tertiary/aromatic N) is 4. The smallest absolute Gasteiger partial charge is 0.289 e. The van der Waals surface area contributed by atoms with E-state index < -0.39 is 5.78 Å². The molecule has 0 saturated carbocycles. The lowest BCUT2D eigenvalue weighted by atomic mass is 10.1. The fourth-order valence-corrected chi connectivity index (χ4v) is 4.58. The topological polar surface area (TPSA) is 83.0 Å². The lowest BCUT2D eigenvalue weighted by Crippen LogP contribution is -2.04. The zero-order valence-corrected chi connectivity index (χ0v) is 20.6. The number of fused-ring (bicyclic) bond motifs is 1.